The van der Waals surface area contributed by atoms with Crippen molar-refractivity contribution < 1.29 is 9.90 Å². The quantitative estimate of drug-likeness (QED) is 0.809. The lowest BCUT2D eigenvalue weighted by molar-refractivity contribution is 0.0690. The summed E-state index contributed by atoms with van der Waals surface area (Å²) in [6, 6.07) is 1.87. The van der Waals surface area contributed by atoms with Crippen LogP contribution in [0.15, 0.2) is 18.5 Å². The van der Waals surface area contributed by atoms with Crippen LogP contribution in [0.4, 0.5) is 0 Å². The molecule has 0 aromatic carbocycles. The smallest absolute Gasteiger partial charge is 0.356 e. The number of aromatic carboxylic acids is 1. The Morgan fingerprint density at radius 2 is 2.12 bits per heavy atom. The van der Waals surface area contributed by atoms with Gasteiger partial charge in [-0.25, -0.2) is 9.78 Å². The average molecular weight is 218 g/mol. The van der Waals surface area contributed by atoms with Crippen molar-refractivity contribution in [1.82, 2.24) is 19.7 Å². The molecule has 0 atom stereocenters. The number of aryl methyl sites for hydroxylation is 2. The number of aromatic nitrogens is 4. The predicted octanol–water partition coefficient (Wildman–Crippen LogP) is 0.884. The van der Waals surface area contributed by atoms with Crippen molar-refractivity contribution in [2.75, 3.05) is 0 Å². The predicted molar refractivity (Wildman–Crippen MR) is 55.9 cm³/mol. The lowest BCUT2D eigenvalue weighted by Crippen LogP contribution is -2.02. The molecule has 0 amide bonds. The topological polar surface area (TPSA) is 80.9 Å². The maximum Gasteiger partial charge on any atom is 0.356 e. The Morgan fingerprint density at radius 3 is 2.56 bits per heavy atom. The molecular weight excluding hydrogens is 208 g/mol. The highest BCUT2D eigenvalue weighted by atomic mass is 16.4. The van der Waals surface area contributed by atoms with Gasteiger partial charge in [0.05, 0.1) is 23.8 Å². The zero-order valence-electron chi connectivity index (χ0n) is 8.88. The minimum Gasteiger partial charge on any atom is -0.476 e. The van der Waals surface area contributed by atoms with E-state index in [1.165, 1.54) is 12.4 Å². The molecular formula is C10H10N4O2. The molecule has 0 fully saturated rings. The van der Waals surface area contributed by atoms with Crippen molar-refractivity contribution in [3.63, 3.8) is 0 Å². The van der Waals surface area contributed by atoms with Gasteiger partial charge < -0.3 is 5.11 Å². The first kappa shape index (κ1) is 10.3. The van der Waals surface area contributed by atoms with E-state index < -0.39 is 5.97 Å². The molecule has 0 aliphatic heterocycles. The fourth-order valence-corrected chi connectivity index (χ4v) is 1.42. The summed E-state index contributed by atoms with van der Waals surface area (Å²) in [5.41, 5.74) is 2.22. The third kappa shape index (κ3) is 1.77. The van der Waals surface area contributed by atoms with Crippen LogP contribution in [0.25, 0.3) is 11.4 Å². The standard InChI is InChI=1S/C10H10N4O2/c1-6-3-9(14(2)13-6)7-4-12-8(5-11-7)10(15)16/h3-5H,1-2H3,(H,15,16). The Labute approximate surface area is 91.6 Å². The molecule has 6 heteroatoms. The molecule has 6 nitrogen and oxygen atoms in total. The molecule has 0 saturated carbocycles. The van der Waals surface area contributed by atoms with E-state index >= 15 is 0 Å². The zero-order valence-corrected chi connectivity index (χ0v) is 8.88. The largest absolute Gasteiger partial charge is 0.476 e. The fraction of sp³-hybridized carbons (Fsp3) is 0.200. The number of nitrogens with zero attached hydrogens (tertiary/aromatic N) is 4. The van der Waals surface area contributed by atoms with Gasteiger partial charge in [0, 0.05) is 7.05 Å². The molecule has 0 aliphatic rings. The van der Waals surface area contributed by atoms with Crippen LogP contribution in [0.5, 0.6) is 0 Å². The lowest BCUT2D eigenvalue weighted by atomic mass is 10.3. The summed E-state index contributed by atoms with van der Waals surface area (Å²) in [5.74, 6) is -1.08. The van der Waals surface area contributed by atoms with Gasteiger partial charge >= 0.3 is 5.97 Å². The third-order valence-electron chi connectivity index (χ3n) is 2.14. The number of carboxylic acid groups (broad SMARTS) is 1. The second-order valence-electron chi connectivity index (χ2n) is 3.39. The van der Waals surface area contributed by atoms with Crippen LogP contribution in [0.1, 0.15) is 16.2 Å². The first-order valence-electron chi connectivity index (χ1n) is 4.64. The van der Waals surface area contributed by atoms with Crippen molar-refractivity contribution in [1.29, 1.82) is 0 Å². The Kier molecular flexibility index (Phi) is 2.40. The number of carboxylic acids is 1. The number of hydrogen-bond donors (Lipinski definition) is 1. The molecule has 16 heavy (non-hydrogen) atoms. The first-order valence-corrected chi connectivity index (χ1v) is 4.64. The molecule has 2 aromatic heterocycles. The summed E-state index contributed by atoms with van der Waals surface area (Å²) in [6.07, 6.45) is 2.67. The van der Waals surface area contributed by atoms with Gasteiger partial charge in [0.2, 0.25) is 0 Å². The lowest BCUT2D eigenvalue weighted by Gasteiger charge is -2.00. The summed E-state index contributed by atoms with van der Waals surface area (Å²) in [4.78, 5) is 18.4. The van der Waals surface area contributed by atoms with Crippen LogP contribution < -0.4 is 0 Å². The van der Waals surface area contributed by atoms with Crippen LogP contribution in [-0.4, -0.2) is 30.8 Å². The van der Waals surface area contributed by atoms with E-state index in [1.54, 1.807) is 11.7 Å². The van der Waals surface area contributed by atoms with Gasteiger partial charge in [0.15, 0.2) is 5.69 Å². The molecule has 0 aliphatic carbocycles. The highest BCUT2D eigenvalue weighted by molar-refractivity contribution is 5.85. The fourth-order valence-electron chi connectivity index (χ4n) is 1.42. The Balaban J connectivity index is 2.42. The van der Waals surface area contributed by atoms with Crippen LogP contribution in [0.2, 0.25) is 0 Å². The average Bonchev–Trinajstić information content (AvgIpc) is 2.58. The Bertz CT molecular complexity index is 530. The molecule has 0 unspecified atom stereocenters. The second kappa shape index (κ2) is 3.73. The van der Waals surface area contributed by atoms with Crippen molar-refractivity contribution in [3.8, 4) is 11.4 Å². The van der Waals surface area contributed by atoms with Gasteiger partial charge in [-0.15, -0.1) is 0 Å². The van der Waals surface area contributed by atoms with Crippen LogP contribution in [0, 0.1) is 6.92 Å². The molecule has 1 N–H and O–H groups in total. The molecule has 2 rings (SSSR count). The van der Waals surface area contributed by atoms with E-state index in [0.29, 0.717) is 5.69 Å². The normalized spacial score (nSPS) is 10.4. The molecule has 0 saturated heterocycles. The van der Waals surface area contributed by atoms with Gasteiger partial charge in [-0.2, -0.15) is 5.10 Å². The van der Waals surface area contributed by atoms with Crippen LogP contribution >= 0.6 is 0 Å². The van der Waals surface area contributed by atoms with Gasteiger partial charge in [-0.1, -0.05) is 0 Å². The molecule has 0 bridgehead atoms. The van der Waals surface area contributed by atoms with E-state index in [1.807, 2.05) is 13.0 Å². The molecule has 0 spiro atoms. The van der Waals surface area contributed by atoms with Crippen molar-refractivity contribution in [2.45, 2.75) is 6.92 Å². The number of rotatable bonds is 2. The van der Waals surface area contributed by atoms with Crippen LogP contribution in [-0.2, 0) is 7.05 Å². The van der Waals surface area contributed by atoms with Crippen molar-refractivity contribution in [3.05, 3.63) is 29.8 Å². The van der Waals surface area contributed by atoms with E-state index in [2.05, 4.69) is 15.1 Å². The molecule has 2 aromatic rings. The van der Waals surface area contributed by atoms with E-state index in [9.17, 15) is 4.79 Å². The summed E-state index contributed by atoms with van der Waals surface area (Å²) in [7, 11) is 1.80. The Hall–Kier alpha value is -2.24. The minimum absolute atomic E-state index is 0.0670. The summed E-state index contributed by atoms with van der Waals surface area (Å²) in [6.45, 7) is 1.88. The van der Waals surface area contributed by atoms with Gasteiger partial charge in [-0.3, -0.25) is 9.67 Å². The summed E-state index contributed by atoms with van der Waals surface area (Å²) in [5, 5.41) is 12.9. The number of hydrogen-bond acceptors (Lipinski definition) is 4. The van der Waals surface area contributed by atoms with Crippen molar-refractivity contribution in [2.24, 2.45) is 7.05 Å². The summed E-state index contributed by atoms with van der Waals surface area (Å²) < 4.78 is 1.68. The zero-order chi connectivity index (χ0) is 11.7. The highest BCUT2D eigenvalue weighted by Gasteiger charge is 2.09. The highest BCUT2D eigenvalue weighted by Crippen LogP contribution is 2.15. The van der Waals surface area contributed by atoms with Gasteiger partial charge in [0.1, 0.15) is 5.69 Å². The first-order chi connectivity index (χ1) is 7.58. The number of carbonyl (C=O) groups is 1. The van der Waals surface area contributed by atoms with Gasteiger partial charge in [-0.05, 0) is 13.0 Å². The van der Waals surface area contributed by atoms with E-state index in [0.717, 1.165) is 11.4 Å². The van der Waals surface area contributed by atoms with E-state index in [-0.39, 0.29) is 5.69 Å². The maximum atomic E-state index is 10.6. The van der Waals surface area contributed by atoms with Crippen LogP contribution in [0.3, 0.4) is 0 Å². The monoisotopic (exact) mass is 218 g/mol. The minimum atomic E-state index is -1.08. The third-order valence-corrected chi connectivity index (χ3v) is 2.14. The second-order valence-corrected chi connectivity index (χ2v) is 3.39. The summed E-state index contributed by atoms with van der Waals surface area (Å²) >= 11 is 0. The van der Waals surface area contributed by atoms with Gasteiger partial charge in [0.25, 0.3) is 0 Å². The Morgan fingerprint density at radius 1 is 1.38 bits per heavy atom. The van der Waals surface area contributed by atoms with E-state index in [4.69, 9.17) is 5.11 Å². The molecule has 2 heterocycles. The molecule has 82 valence electrons. The maximum absolute atomic E-state index is 10.6. The SMILES string of the molecule is Cc1cc(-c2cnc(C(=O)O)cn2)n(C)n1. The van der Waals surface area contributed by atoms with Crippen molar-refractivity contribution >= 4 is 5.97 Å². The molecule has 0 radical (unpaired) electrons.